The molecule has 0 aliphatic rings. The van der Waals surface area contributed by atoms with Crippen LogP contribution in [0.3, 0.4) is 0 Å². The summed E-state index contributed by atoms with van der Waals surface area (Å²) < 4.78 is 6.57. The number of rotatable bonds is 6. The van der Waals surface area contributed by atoms with Crippen molar-refractivity contribution in [3.63, 3.8) is 0 Å². The van der Waals surface area contributed by atoms with Gasteiger partial charge >= 0.3 is 0 Å². The molecule has 0 spiro atoms. The molecule has 7 nitrogen and oxygen atoms in total. The van der Waals surface area contributed by atoms with E-state index in [1.165, 1.54) is 16.4 Å². The topological polar surface area (TPSA) is 95.1 Å². The quantitative estimate of drug-likeness (QED) is 0.484. The molecule has 2 aromatic carbocycles. The summed E-state index contributed by atoms with van der Waals surface area (Å²) in [5.74, 6) is 7.23. The Morgan fingerprint density at radius 3 is 2.89 bits per heavy atom. The van der Waals surface area contributed by atoms with Crippen molar-refractivity contribution < 1.29 is 9.53 Å². The smallest absolute Gasteiger partial charge is 0.234 e. The number of nitrogens with one attached hydrogen (secondary N) is 1. The highest BCUT2D eigenvalue weighted by Crippen LogP contribution is 2.25. The van der Waals surface area contributed by atoms with Gasteiger partial charge in [0.2, 0.25) is 11.1 Å². The summed E-state index contributed by atoms with van der Waals surface area (Å²) in [6.45, 7) is 1.90. The first-order chi connectivity index (χ1) is 13.0. The van der Waals surface area contributed by atoms with Gasteiger partial charge < -0.3 is 15.9 Å². The Labute approximate surface area is 165 Å². The van der Waals surface area contributed by atoms with Crippen LogP contribution in [0.1, 0.15) is 5.56 Å². The molecule has 0 fully saturated rings. The Hall–Kier alpha value is -2.71. The number of nitrogens with zero attached hydrogens (tertiary/aromatic N) is 3. The number of nitrogens with two attached hydrogens (primary N) is 1. The zero-order valence-electron chi connectivity index (χ0n) is 14.8. The molecule has 0 bridgehead atoms. The van der Waals surface area contributed by atoms with E-state index in [0.717, 1.165) is 11.1 Å². The second kappa shape index (κ2) is 8.32. The van der Waals surface area contributed by atoms with Gasteiger partial charge in [-0.3, -0.25) is 4.79 Å². The minimum atomic E-state index is -0.184. The number of carbonyl (C=O) groups excluding carboxylic acids is 1. The van der Waals surface area contributed by atoms with E-state index < -0.39 is 0 Å². The van der Waals surface area contributed by atoms with Crippen LogP contribution in [-0.2, 0) is 4.79 Å². The minimum absolute atomic E-state index is 0.138. The minimum Gasteiger partial charge on any atom is -0.497 e. The SMILES string of the molecule is COc1cccc(-c2nnc(SCC(=O)Nc3cc(Cl)ccc3C)n2N)c1. The van der Waals surface area contributed by atoms with Gasteiger partial charge in [0.25, 0.3) is 0 Å². The molecule has 3 N–H and O–H groups in total. The lowest BCUT2D eigenvalue weighted by atomic mass is 10.2. The maximum Gasteiger partial charge on any atom is 0.234 e. The molecule has 0 atom stereocenters. The van der Waals surface area contributed by atoms with Crippen molar-refractivity contribution in [2.24, 2.45) is 0 Å². The molecule has 9 heteroatoms. The van der Waals surface area contributed by atoms with Crippen molar-refractivity contribution in [3.8, 4) is 17.1 Å². The van der Waals surface area contributed by atoms with Crippen LogP contribution in [0.25, 0.3) is 11.4 Å². The number of aromatic nitrogens is 3. The summed E-state index contributed by atoms with van der Waals surface area (Å²) in [5.41, 5.74) is 2.38. The maximum absolute atomic E-state index is 12.2. The molecular weight excluding hydrogens is 386 g/mol. The lowest BCUT2D eigenvalue weighted by Crippen LogP contribution is -2.17. The molecule has 0 aliphatic heterocycles. The Kier molecular flexibility index (Phi) is 5.88. The number of aryl methyl sites for hydroxylation is 1. The number of carbonyl (C=O) groups is 1. The highest BCUT2D eigenvalue weighted by Gasteiger charge is 2.15. The summed E-state index contributed by atoms with van der Waals surface area (Å²) in [5, 5.41) is 12.0. The van der Waals surface area contributed by atoms with E-state index in [9.17, 15) is 4.79 Å². The number of hydrogen-bond acceptors (Lipinski definition) is 6. The highest BCUT2D eigenvalue weighted by molar-refractivity contribution is 7.99. The summed E-state index contributed by atoms with van der Waals surface area (Å²) in [7, 11) is 1.59. The van der Waals surface area contributed by atoms with Crippen molar-refractivity contribution in [2.45, 2.75) is 12.1 Å². The summed E-state index contributed by atoms with van der Waals surface area (Å²) in [4.78, 5) is 12.2. The molecule has 140 valence electrons. The lowest BCUT2D eigenvalue weighted by molar-refractivity contribution is -0.113. The normalized spacial score (nSPS) is 10.6. The van der Waals surface area contributed by atoms with Crippen molar-refractivity contribution in [1.29, 1.82) is 0 Å². The Morgan fingerprint density at radius 1 is 1.30 bits per heavy atom. The third kappa shape index (κ3) is 4.53. The molecule has 3 rings (SSSR count). The number of benzene rings is 2. The van der Waals surface area contributed by atoms with E-state index in [1.54, 1.807) is 19.2 Å². The fourth-order valence-corrected chi connectivity index (χ4v) is 3.21. The van der Waals surface area contributed by atoms with Crippen LogP contribution >= 0.6 is 23.4 Å². The van der Waals surface area contributed by atoms with Gasteiger partial charge in [0, 0.05) is 16.3 Å². The maximum atomic E-state index is 12.2. The fourth-order valence-electron chi connectivity index (χ4n) is 2.38. The number of anilines is 1. The Balaban J connectivity index is 1.67. The first kappa shape index (κ1) is 19.1. The molecule has 0 radical (unpaired) electrons. The van der Waals surface area contributed by atoms with Crippen LogP contribution < -0.4 is 15.9 Å². The van der Waals surface area contributed by atoms with Gasteiger partial charge in [-0.25, -0.2) is 4.68 Å². The predicted octanol–water partition coefficient (Wildman–Crippen LogP) is 3.36. The van der Waals surface area contributed by atoms with Crippen LogP contribution in [0, 0.1) is 6.92 Å². The molecule has 3 aromatic rings. The molecule has 0 saturated heterocycles. The third-order valence-electron chi connectivity index (χ3n) is 3.80. The van der Waals surface area contributed by atoms with E-state index in [0.29, 0.717) is 27.4 Å². The molecule has 0 unspecified atom stereocenters. The van der Waals surface area contributed by atoms with E-state index in [4.69, 9.17) is 22.2 Å². The van der Waals surface area contributed by atoms with Crippen LogP contribution in [0.15, 0.2) is 47.6 Å². The van der Waals surface area contributed by atoms with Gasteiger partial charge in [0.1, 0.15) is 5.75 Å². The predicted molar refractivity (Wildman–Crippen MR) is 108 cm³/mol. The first-order valence-electron chi connectivity index (χ1n) is 8.01. The summed E-state index contributed by atoms with van der Waals surface area (Å²) in [6, 6.07) is 12.7. The Morgan fingerprint density at radius 2 is 2.11 bits per heavy atom. The molecular formula is C18H18ClN5O2S. The van der Waals surface area contributed by atoms with Gasteiger partial charge in [0.05, 0.1) is 12.9 Å². The fraction of sp³-hybridized carbons (Fsp3) is 0.167. The molecule has 1 aromatic heterocycles. The van der Waals surface area contributed by atoms with Crippen molar-refractivity contribution in [1.82, 2.24) is 14.9 Å². The lowest BCUT2D eigenvalue weighted by Gasteiger charge is -2.08. The molecule has 1 heterocycles. The number of nitrogen functional groups attached to an aromatic ring is 1. The zero-order chi connectivity index (χ0) is 19.4. The van der Waals surface area contributed by atoms with Crippen molar-refractivity contribution in [3.05, 3.63) is 53.1 Å². The molecule has 1 amide bonds. The standard InChI is InChI=1S/C18H18ClN5O2S/c1-11-6-7-13(19)9-15(11)21-16(25)10-27-18-23-22-17(24(18)20)12-4-3-5-14(8-12)26-2/h3-9H,10,20H2,1-2H3,(H,21,25). The van der Waals surface area contributed by atoms with E-state index in [-0.39, 0.29) is 11.7 Å². The average molecular weight is 404 g/mol. The number of thioether (sulfide) groups is 1. The van der Waals surface area contributed by atoms with E-state index >= 15 is 0 Å². The van der Waals surface area contributed by atoms with Crippen LogP contribution in [0.2, 0.25) is 5.02 Å². The second-order valence-corrected chi connectivity index (χ2v) is 7.08. The van der Waals surface area contributed by atoms with E-state index in [2.05, 4.69) is 15.5 Å². The van der Waals surface area contributed by atoms with Crippen LogP contribution in [-0.4, -0.2) is 33.6 Å². The van der Waals surface area contributed by atoms with Gasteiger partial charge in [-0.2, -0.15) is 0 Å². The monoisotopic (exact) mass is 403 g/mol. The first-order valence-corrected chi connectivity index (χ1v) is 9.38. The van der Waals surface area contributed by atoms with Gasteiger partial charge in [0.15, 0.2) is 5.82 Å². The molecule has 0 saturated carbocycles. The Bertz CT molecular complexity index is 976. The zero-order valence-corrected chi connectivity index (χ0v) is 16.3. The van der Waals surface area contributed by atoms with Crippen molar-refractivity contribution >= 4 is 35.0 Å². The highest BCUT2D eigenvalue weighted by atomic mass is 35.5. The van der Waals surface area contributed by atoms with Gasteiger partial charge in [-0.05, 0) is 36.8 Å². The second-order valence-electron chi connectivity index (χ2n) is 5.70. The molecule has 0 aliphatic carbocycles. The number of amides is 1. The number of halogens is 1. The largest absolute Gasteiger partial charge is 0.497 e. The third-order valence-corrected chi connectivity index (χ3v) is 4.98. The van der Waals surface area contributed by atoms with Gasteiger partial charge in [-0.1, -0.05) is 41.6 Å². The summed E-state index contributed by atoms with van der Waals surface area (Å²) >= 11 is 7.17. The molecule has 27 heavy (non-hydrogen) atoms. The number of hydrogen-bond donors (Lipinski definition) is 2. The number of methoxy groups -OCH3 is 1. The van der Waals surface area contributed by atoms with E-state index in [1.807, 2.05) is 37.3 Å². The van der Waals surface area contributed by atoms with Crippen molar-refractivity contribution in [2.75, 3.05) is 24.0 Å². The van der Waals surface area contributed by atoms with Crippen LogP contribution in [0.5, 0.6) is 5.75 Å². The van der Waals surface area contributed by atoms with Crippen LogP contribution in [0.4, 0.5) is 5.69 Å². The average Bonchev–Trinajstić information content (AvgIpc) is 3.03. The summed E-state index contributed by atoms with van der Waals surface area (Å²) in [6.07, 6.45) is 0. The van der Waals surface area contributed by atoms with Gasteiger partial charge in [-0.15, -0.1) is 10.2 Å². The number of ether oxygens (including phenoxy) is 1.